The fourth-order valence-electron chi connectivity index (χ4n) is 3.70. The van der Waals surface area contributed by atoms with Crippen molar-refractivity contribution in [1.82, 2.24) is 4.90 Å². The summed E-state index contributed by atoms with van der Waals surface area (Å²) in [5, 5.41) is 14.3. The van der Waals surface area contributed by atoms with Crippen LogP contribution in [0.1, 0.15) is 37.0 Å². The third kappa shape index (κ3) is 4.42. The minimum absolute atomic E-state index is 0.0679. The van der Waals surface area contributed by atoms with E-state index in [2.05, 4.69) is 5.32 Å². The normalized spacial score (nSPS) is 22.7. The molecular formula is C21H25N2O5-. The highest BCUT2D eigenvalue weighted by Gasteiger charge is 2.33. The second kappa shape index (κ2) is 8.56. The van der Waals surface area contributed by atoms with Gasteiger partial charge < -0.3 is 24.9 Å². The first-order valence-electron chi connectivity index (χ1n) is 9.51. The maximum Gasteiger partial charge on any atom is 0.254 e. The number of benzene rings is 1. The summed E-state index contributed by atoms with van der Waals surface area (Å²) in [5.41, 5.74) is 3.12. The number of nitrogens with zero attached hydrogens (tertiary/aromatic N) is 1. The molecular weight excluding hydrogens is 360 g/mol. The summed E-state index contributed by atoms with van der Waals surface area (Å²) in [5.74, 6) is -3.09. The predicted octanol–water partition coefficient (Wildman–Crippen LogP) is 1.21. The van der Waals surface area contributed by atoms with Crippen LogP contribution in [0.2, 0.25) is 0 Å². The van der Waals surface area contributed by atoms with Crippen LogP contribution in [0.25, 0.3) is 0 Å². The summed E-state index contributed by atoms with van der Waals surface area (Å²) in [6.07, 6.45) is 0.739. The van der Waals surface area contributed by atoms with Crippen molar-refractivity contribution in [3.8, 4) is 0 Å². The molecule has 2 aliphatic rings. The molecule has 1 fully saturated rings. The number of anilines is 1. The Morgan fingerprint density at radius 2 is 1.57 bits per heavy atom. The maximum absolute atomic E-state index is 12.7. The molecule has 1 heterocycles. The van der Waals surface area contributed by atoms with E-state index in [-0.39, 0.29) is 11.8 Å². The number of amides is 2. The molecule has 1 aliphatic heterocycles. The number of morpholine rings is 1. The van der Waals surface area contributed by atoms with E-state index in [4.69, 9.17) is 4.74 Å². The van der Waals surface area contributed by atoms with Gasteiger partial charge in [-0.2, -0.15) is 0 Å². The van der Waals surface area contributed by atoms with E-state index in [0.29, 0.717) is 50.4 Å². The number of hydrogen-bond acceptors (Lipinski definition) is 5. The van der Waals surface area contributed by atoms with Gasteiger partial charge in [0.2, 0.25) is 5.91 Å². The zero-order chi connectivity index (χ0) is 20.3. The van der Waals surface area contributed by atoms with Crippen LogP contribution in [-0.4, -0.2) is 49.0 Å². The Morgan fingerprint density at radius 1 is 1.00 bits per heavy atom. The van der Waals surface area contributed by atoms with E-state index in [1.807, 2.05) is 13.8 Å². The Bertz CT molecular complexity index is 794. The summed E-state index contributed by atoms with van der Waals surface area (Å²) in [6.45, 7) is 6.02. The van der Waals surface area contributed by atoms with Crippen molar-refractivity contribution in [3.05, 3.63) is 41.0 Å². The third-order valence-electron chi connectivity index (χ3n) is 5.60. The largest absolute Gasteiger partial charge is 0.550 e. The molecule has 0 aromatic heterocycles. The summed E-state index contributed by atoms with van der Waals surface area (Å²) in [7, 11) is 0. The molecule has 0 unspecified atom stereocenters. The Hall–Kier alpha value is -2.67. The first-order valence-corrected chi connectivity index (χ1v) is 9.51. The number of aliphatic carboxylic acids is 1. The molecule has 1 saturated heterocycles. The minimum Gasteiger partial charge on any atom is -0.550 e. The summed E-state index contributed by atoms with van der Waals surface area (Å²) >= 11 is 0. The zero-order valence-electron chi connectivity index (χ0n) is 16.2. The molecule has 150 valence electrons. The van der Waals surface area contributed by atoms with Crippen molar-refractivity contribution in [3.63, 3.8) is 0 Å². The first kappa shape index (κ1) is 20.1. The lowest BCUT2D eigenvalue weighted by Gasteiger charge is -2.32. The van der Waals surface area contributed by atoms with Crippen LogP contribution in [0, 0.1) is 11.8 Å². The molecule has 1 aromatic carbocycles. The lowest BCUT2D eigenvalue weighted by molar-refractivity contribution is -0.313. The number of rotatable bonds is 4. The van der Waals surface area contributed by atoms with Crippen molar-refractivity contribution in [2.24, 2.45) is 11.8 Å². The SMILES string of the molecule is CC1=C(C)C[C@H](C(=O)Nc2ccc(C(=O)N3CCOCC3)cc2)[C@@H](C(=O)[O-])C1. The molecule has 7 nitrogen and oxygen atoms in total. The molecule has 1 aromatic rings. The molecule has 28 heavy (non-hydrogen) atoms. The van der Waals surface area contributed by atoms with Crippen molar-refractivity contribution in [1.29, 1.82) is 0 Å². The van der Waals surface area contributed by atoms with E-state index >= 15 is 0 Å². The molecule has 0 bridgehead atoms. The van der Waals surface area contributed by atoms with Gasteiger partial charge in [0.1, 0.15) is 0 Å². The van der Waals surface area contributed by atoms with Crippen LogP contribution in [0.15, 0.2) is 35.4 Å². The predicted molar refractivity (Wildman–Crippen MR) is 101 cm³/mol. The van der Waals surface area contributed by atoms with Crippen molar-refractivity contribution in [2.45, 2.75) is 26.7 Å². The topological polar surface area (TPSA) is 98.8 Å². The number of carboxylic acids is 1. The van der Waals surface area contributed by atoms with Crippen LogP contribution in [0.4, 0.5) is 5.69 Å². The van der Waals surface area contributed by atoms with Crippen molar-refractivity contribution in [2.75, 3.05) is 31.6 Å². The highest BCUT2D eigenvalue weighted by molar-refractivity contribution is 5.97. The Labute approximate surface area is 164 Å². The number of allylic oxidation sites excluding steroid dienone is 2. The van der Waals surface area contributed by atoms with Gasteiger partial charge in [-0.25, -0.2) is 0 Å². The quantitative estimate of drug-likeness (QED) is 0.786. The third-order valence-corrected chi connectivity index (χ3v) is 5.60. The zero-order valence-corrected chi connectivity index (χ0v) is 16.2. The number of nitrogens with one attached hydrogen (secondary N) is 1. The smallest absolute Gasteiger partial charge is 0.254 e. The monoisotopic (exact) mass is 385 g/mol. The number of carboxylic acid groups (broad SMARTS) is 1. The van der Waals surface area contributed by atoms with Gasteiger partial charge in [-0.05, 0) is 51.0 Å². The van der Waals surface area contributed by atoms with Gasteiger partial charge in [-0.3, -0.25) is 9.59 Å². The van der Waals surface area contributed by atoms with Gasteiger partial charge in [-0.15, -0.1) is 0 Å². The second-order valence-electron chi connectivity index (χ2n) is 7.47. The van der Waals surface area contributed by atoms with Crippen molar-refractivity contribution >= 4 is 23.5 Å². The van der Waals surface area contributed by atoms with Crippen LogP contribution >= 0.6 is 0 Å². The molecule has 7 heteroatoms. The summed E-state index contributed by atoms with van der Waals surface area (Å²) in [4.78, 5) is 38.4. The summed E-state index contributed by atoms with van der Waals surface area (Å²) < 4.78 is 5.25. The Kier molecular flexibility index (Phi) is 6.14. The molecule has 2 amide bonds. The number of carbonyl (C=O) groups excluding carboxylic acids is 3. The van der Waals surface area contributed by atoms with E-state index in [0.717, 1.165) is 11.1 Å². The highest BCUT2D eigenvalue weighted by atomic mass is 16.5. The Balaban J connectivity index is 1.67. The molecule has 0 spiro atoms. The van der Waals surface area contributed by atoms with Gasteiger partial charge >= 0.3 is 0 Å². The van der Waals surface area contributed by atoms with E-state index < -0.39 is 17.8 Å². The molecule has 0 saturated carbocycles. The van der Waals surface area contributed by atoms with Gasteiger partial charge in [0.05, 0.1) is 19.1 Å². The lowest BCUT2D eigenvalue weighted by atomic mass is 9.76. The van der Waals surface area contributed by atoms with Crippen LogP contribution in [0.5, 0.6) is 0 Å². The van der Waals surface area contributed by atoms with Gasteiger partial charge in [0.25, 0.3) is 5.91 Å². The molecule has 3 rings (SSSR count). The van der Waals surface area contributed by atoms with Gasteiger partial charge in [-0.1, -0.05) is 11.1 Å². The van der Waals surface area contributed by atoms with Gasteiger partial charge in [0, 0.05) is 36.2 Å². The number of carbonyl (C=O) groups is 3. The maximum atomic E-state index is 12.7. The number of ether oxygens (including phenoxy) is 1. The summed E-state index contributed by atoms with van der Waals surface area (Å²) in [6, 6.07) is 6.66. The van der Waals surface area contributed by atoms with E-state index in [9.17, 15) is 19.5 Å². The minimum atomic E-state index is -1.20. The van der Waals surface area contributed by atoms with E-state index in [1.165, 1.54) is 0 Å². The van der Waals surface area contributed by atoms with E-state index in [1.54, 1.807) is 29.2 Å². The average molecular weight is 385 g/mol. The Morgan fingerprint density at radius 3 is 2.14 bits per heavy atom. The van der Waals surface area contributed by atoms with Gasteiger partial charge in [0.15, 0.2) is 0 Å². The standard InChI is InChI=1S/C21H26N2O5/c1-13-11-17(18(21(26)27)12-14(13)2)19(24)22-16-5-3-15(4-6-16)20(25)23-7-9-28-10-8-23/h3-6,17-18H,7-12H2,1-2H3,(H,22,24)(H,26,27)/p-1/t17-,18-/m0/s1. The lowest BCUT2D eigenvalue weighted by Crippen LogP contribution is -2.42. The molecule has 0 radical (unpaired) electrons. The van der Waals surface area contributed by atoms with Crippen LogP contribution in [-0.2, 0) is 14.3 Å². The molecule has 1 aliphatic carbocycles. The number of hydrogen-bond donors (Lipinski definition) is 1. The fourth-order valence-corrected chi connectivity index (χ4v) is 3.70. The second-order valence-corrected chi connectivity index (χ2v) is 7.47. The van der Waals surface area contributed by atoms with Crippen LogP contribution in [0.3, 0.4) is 0 Å². The molecule has 2 atom stereocenters. The molecule has 1 N–H and O–H groups in total. The first-order chi connectivity index (χ1) is 13.4. The van der Waals surface area contributed by atoms with Crippen LogP contribution < -0.4 is 10.4 Å². The highest BCUT2D eigenvalue weighted by Crippen LogP contribution is 2.34. The average Bonchev–Trinajstić information content (AvgIpc) is 2.70. The van der Waals surface area contributed by atoms with Crippen molar-refractivity contribution < 1.29 is 24.2 Å². The fraction of sp³-hybridized carbons (Fsp3) is 0.476.